The van der Waals surface area contributed by atoms with Gasteiger partial charge < -0.3 is 20.4 Å². The number of aliphatic hydroxyl groups excluding tert-OH is 2. The first-order valence-electron chi connectivity index (χ1n) is 11.9. The summed E-state index contributed by atoms with van der Waals surface area (Å²) in [6, 6.07) is 7.97. The number of allylic oxidation sites excluding steroid dienone is 4. The molecule has 2 unspecified atom stereocenters. The first-order valence-corrected chi connectivity index (χ1v) is 11.9. The summed E-state index contributed by atoms with van der Waals surface area (Å²) in [5.74, 6) is -1.43. The summed E-state index contributed by atoms with van der Waals surface area (Å²) in [5, 5.41) is 23.1. The fourth-order valence-electron chi connectivity index (χ4n) is 3.95. The summed E-state index contributed by atoms with van der Waals surface area (Å²) in [7, 11) is 0. The van der Waals surface area contributed by atoms with Crippen LogP contribution in [0.5, 0.6) is 0 Å². The average molecular weight is 455 g/mol. The highest BCUT2D eigenvalue weighted by Gasteiger charge is 2.32. The molecule has 1 aliphatic carbocycles. The standard InChI is InChI=1S/C27H38N2O4/c1-4-7-18-29(17-6-3)27(33)25(31)24(30)26(32)28-19-20-13-15-22(16-14-20)23-12-9-8-11-21(23)10-5-2/h4,11-16,24-25,30-31H,1,5-10,17-19H2,2-3H3,(H,28,32). The van der Waals surface area contributed by atoms with Gasteiger partial charge in [0.25, 0.3) is 11.8 Å². The van der Waals surface area contributed by atoms with Crippen LogP contribution in [-0.2, 0) is 16.1 Å². The number of nitrogens with zero attached hydrogens (tertiary/aromatic N) is 1. The van der Waals surface area contributed by atoms with Crippen LogP contribution in [0.25, 0.3) is 5.57 Å². The third kappa shape index (κ3) is 7.69. The summed E-state index contributed by atoms with van der Waals surface area (Å²) >= 11 is 0. The molecular weight excluding hydrogens is 416 g/mol. The molecule has 0 saturated heterocycles. The monoisotopic (exact) mass is 454 g/mol. The lowest BCUT2D eigenvalue weighted by molar-refractivity contribution is -0.153. The molecule has 33 heavy (non-hydrogen) atoms. The topological polar surface area (TPSA) is 89.9 Å². The van der Waals surface area contributed by atoms with Gasteiger partial charge in [-0.15, -0.1) is 6.58 Å². The molecule has 180 valence electrons. The van der Waals surface area contributed by atoms with Crippen molar-refractivity contribution in [2.75, 3.05) is 13.1 Å². The van der Waals surface area contributed by atoms with Crippen LogP contribution in [0.1, 0.15) is 63.5 Å². The maximum atomic E-state index is 12.5. The van der Waals surface area contributed by atoms with Gasteiger partial charge in [-0.05, 0) is 54.4 Å². The molecule has 1 aromatic rings. The molecule has 1 aliphatic rings. The number of amides is 2. The highest BCUT2D eigenvalue weighted by atomic mass is 16.3. The van der Waals surface area contributed by atoms with Crippen molar-refractivity contribution in [1.82, 2.24) is 10.2 Å². The Hall–Kier alpha value is -2.70. The Morgan fingerprint density at radius 3 is 2.39 bits per heavy atom. The lowest BCUT2D eigenvalue weighted by Gasteiger charge is -2.26. The van der Waals surface area contributed by atoms with Crippen molar-refractivity contribution in [2.24, 2.45) is 0 Å². The SMILES string of the molecule is C=CCCN(CCC)C(=O)C(O)C(O)C(=O)NCc1ccc(C2=CCCC=C2CCC)cc1. The third-order valence-electron chi connectivity index (χ3n) is 5.73. The van der Waals surface area contributed by atoms with Gasteiger partial charge in [-0.3, -0.25) is 9.59 Å². The summed E-state index contributed by atoms with van der Waals surface area (Å²) in [5.41, 5.74) is 4.69. The summed E-state index contributed by atoms with van der Waals surface area (Å²) in [4.78, 5) is 26.3. The zero-order valence-corrected chi connectivity index (χ0v) is 19.9. The fourth-order valence-corrected chi connectivity index (χ4v) is 3.95. The third-order valence-corrected chi connectivity index (χ3v) is 5.73. The van der Waals surface area contributed by atoms with E-state index in [-0.39, 0.29) is 6.54 Å². The molecule has 6 heteroatoms. The zero-order valence-electron chi connectivity index (χ0n) is 19.9. The van der Waals surface area contributed by atoms with E-state index < -0.39 is 24.0 Å². The first-order chi connectivity index (χ1) is 15.9. The molecule has 0 spiro atoms. The molecule has 6 nitrogen and oxygen atoms in total. The minimum atomic E-state index is -1.83. The Balaban J connectivity index is 1.94. The van der Waals surface area contributed by atoms with Crippen LogP contribution in [0.15, 0.2) is 54.6 Å². The van der Waals surface area contributed by atoms with Crippen LogP contribution in [0.4, 0.5) is 0 Å². The largest absolute Gasteiger partial charge is 0.380 e. The van der Waals surface area contributed by atoms with Crippen LogP contribution in [-0.4, -0.2) is 52.2 Å². The minimum Gasteiger partial charge on any atom is -0.380 e. The van der Waals surface area contributed by atoms with Crippen LogP contribution in [0, 0.1) is 0 Å². The van der Waals surface area contributed by atoms with Gasteiger partial charge in [-0.2, -0.15) is 0 Å². The van der Waals surface area contributed by atoms with Crippen LogP contribution < -0.4 is 5.32 Å². The molecule has 2 amide bonds. The number of aliphatic hydroxyl groups is 2. The Bertz CT molecular complexity index is 857. The maximum Gasteiger partial charge on any atom is 0.254 e. The quantitative estimate of drug-likeness (QED) is 0.396. The fraction of sp³-hybridized carbons (Fsp3) is 0.481. The Morgan fingerprint density at radius 2 is 1.76 bits per heavy atom. The number of hydrogen-bond donors (Lipinski definition) is 3. The number of carbonyl (C=O) groups excluding carboxylic acids is 2. The van der Waals surface area contributed by atoms with Crippen molar-refractivity contribution in [3.8, 4) is 0 Å². The van der Waals surface area contributed by atoms with Crippen LogP contribution >= 0.6 is 0 Å². The van der Waals surface area contributed by atoms with E-state index in [1.54, 1.807) is 6.08 Å². The van der Waals surface area contributed by atoms with E-state index in [1.807, 2.05) is 31.2 Å². The van der Waals surface area contributed by atoms with Crippen molar-refractivity contribution >= 4 is 17.4 Å². The zero-order chi connectivity index (χ0) is 24.2. The van der Waals surface area contributed by atoms with Crippen LogP contribution in [0.2, 0.25) is 0 Å². The molecule has 0 fully saturated rings. The number of hydrogen-bond acceptors (Lipinski definition) is 4. The molecule has 0 bridgehead atoms. The molecule has 0 aliphatic heterocycles. The van der Waals surface area contributed by atoms with Gasteiger partial charge in [0, 0.05) is 19.6 Å². The normalized spacial score (nSPS) is 15.2. The van der Waals surface area contributed by atoms with E-state index in [0.29, 0.717) is 25.9 Å². The highest BCUT2D eigenvalue weighted by Crippen LogP contribution is 2.31. The van der Waals surface area contributed by atoms with E-state index >= 15 is 0 Å². The second-order valence-electron chi connectivity index (χ2n) is 8.38. The molecule has 1 aromatic carbocycles. The van der Waals surface area contributed by atoms with Gasteiger partial charge >= 0.3 is 0 Å². The number of carbonyl (C=O) groups is 2. The van der Waals surface area contributed by atoms with E-state index in [1.165, 1.54) is 16.0 Å². The lowest BCUT2D eigenvalue weighted by atomic mass is 9.89. The maximum absolute atomic E-state index is 12.5. The molecule has 2 rings (SSSR count). The number of benzene rings is 1. The molecular formula is C27H38N2O4. The van der Waals surface area contributed by atoms with E-state index in [9.17, 15) is 19.8 Å². The molecule has 0 aromatic heterocycles. The Labute approximate surface area is 197 Å². The van der Waals surface area contributed by atoms with Gasteiger partial charge in [0.2, 0.25) is 0 Å². The molecule has 0 radical (unpaired) electrons. The predicted molar refractivity (Wildman–Crippen MR) is 132 cm³/mol. The van der Waals surface area contributed by atoms with Crippen molar-refractivity contribution < 1.29 is 19.8 Å². The average Bonchev–Trinajstić information content (AvgIpc) is 2.84. The highest BCUT2D eigenvalue weighted by molar-refractivity contribution is 5.90. The van der Waals surface area contributed by atoms with Crippen molar-refractivity contribution in [3.63, 3.8) is 0 Å². The summed E-state index contributed by atoms with van der Waals surface area (Å²) in [6.07, 6.45) is 8.24. The number of rotatable bonds is 13. The second-order valence-corrected chi connectivity index (χ2v) is 8.38. The van der Waals surface area contributed by atoms with E-state index in [4.69, 9.17) is 0 Å². The summed E-state index contributed by atoms with van der Waals surface area (Å²) in [6.45, 7) is 8.76. The van der Waals surface area contributed by atoms with Crippen molar-refractivity contribution in [2.45, 2.75) is 71.1 Å². The van der Waals surface area contributed by atoms with Gasteiger partial charge in [0.05, 0.1) is 0 Å². The Morgan fingerprint density at radius 1 is 1.06 bits per heavy atom. The smallest absolute Gasteiger partial charge is 0.254 e. The van der Waals surface area contributed by atoms with Crippen molar-refractivity contribution in [3.05, 3.63) is 65.8 Å². The van der Waals surface area contributed by atoms with E-state index in [2.05, 4.69) is 31.0 Å². The molecule has 2 atom stereocenters. The van der Waals surface area contributed by atoms with Gasteiger partial charge in [-0.25, -0.2) is 0 Å². The number of nitrogens with one attached hydrogen (secondary N) is 1. The molecule has 0 heterocycles. The van der Waals surface area contributed by atoms with Crippen molar-refractivity contribution in [1.29, 1.82) is 0 Å². The Kier molecular flexibility index (Phi) is 11.1. The molecule has 3 N–H and O–H groups in total. The van der Waals surface area contributed by atoms with Gasteiger partial charge in [0.15, 0.2) is 12.2 Å². The molecule has 0 saturated carbocycles. The predicted octanol–water partition coefficient (Wildman–Crippen LogP) is 3.74. The summed E-state index contributed by atoms with van der Waals surface area (Å²) < 4.78 is 0. The van der Waals surface area contributed by atoms with Gasteiger partial charge in [0.1, 0.15) is 0 Å². The van der Waals surface area contributed by atoms with Gasteiger partial charge in [-0.1, -0.05) is 62.8 Å². The second kappa shape index (κ2) is 13.8. The van der Waals surface area contributed by atoms with E-state index in [0.717, 1.165) is 36.8 Å². The van der Waals surface area contributed by atoms with Crippen LogP contribution in [0.3, 0.4) is 0 Å². The lowest BCUT2D eigenvalue weighted by Crippen LogP contribution is -2.51. The minimum absolute atomic E-state index is 0.197. The first kappa shape index (κ1) is 26.6.